The lowest BCUT2D eigenvalue weighted by atomic mass is 10.4. The molecular weight excluding hydrogens is 280 g/mol. The number of rotatable bonds is 2. The number of thiazole rings is 1. The van der Waals surface area contributed by atoms with Crippen LogP contribution in [0.3, 0.4) is 0 Å². The fourth-order valence-corrected chi connectivity index (χ4v) is 3.88. The average Bonchev–Trinajstić information content (AvgIpc) is 2.70. The van der Waals surface area contributed by atoms with E-state index in [-0.39, 0.29) is 5.15 Å². The number of anilines is 1. The smallest absolute Gasteiger partial charge is 0.351 e. The Balaban J connectivity index is 2.19. The summed E-state index contributed by atoms with van der Waals surface area (Å²) in [5.74, 6) is 0.657. The van der Waals surface area contributed by atoms with E-state index in [0.29, 0.717) is 10.1 Å². The van der Waals surface area contributed by atoms with Crippen molar-refractivity contribution in [1.29, 1.82) is 0 Å². The highest BCUT2D eigenvalue weighted by molar-refractivity contribution is 8.00. The summed E-state index contributed by atoms with van der Waals surface area (Å²) in [6, 6.07) is 0. The van der Waals surface area contributed by atoms with Crippen LogP contribution in [0.1, 0.15) is 16.6 Å². The second kappa shape index (κ2) is 5.46. The minimum Gasteiger partial charge on any atom is -0.465 e. The van der Waals surface area contributed by atoms with Gasteiger partial charge in [0.1, 0.15) is 0 Å². The summed E-state index contributed by atoms with van der Waals surface area (Å²) >= 11 is 9.19. The SMILES string of the molecule is COC(=O)c1sc(N2CCSC(C)C2)nc1Cl. The van der Waals surface area contributed by atoms with Crippen LogP contribution in [0, 0.1) is 0 Å². The van der Waals surface area contributed by atoms with Gasteiger partial charge >= 0.3 is 5.97 Å². The Hall–Kier alpha value is -0.460. The Morgan fingerprint density at radius 1 is 1.65 bits per heavy atom. The number of carbonyl (C=O) groups excluding carboxylic acids is 1. The number of nitrogens with zero attached hydrogens (tertiary/aromatic N) is 2. The van der Waals surface area contributed by atoms with Gasteiger partial charge in [0.15, 0.2) is 15.2 Å². The predicted molar refractivity (Wildman–Crippen MR) is 72.6 cm³/mol. The van der Waals surface area contributed by atoms with Crippen LogP contribution in [0.5, 0.6) is 0 Å². The molecule has 1 aromatic heterocycles. The zero-order chi connectivity index (χ0) is 12.4. The number of hydrogen-bond acceptors (Lipinski definition) is 6. The number of carbonyl (C=O) groups is 1. The van der Waals surface area contributed by atoms with E-state index in [0.717, 1.165) is 24.0 Å². The van der Waals surface area contributed by atoms with Crippen molar-refractivity contribution in [3.05, 3.63) is 10.0 Å². The molecule has 1 aliphatic rings. The van der Waals surface area contributed by atoms with Crippen molar-refractivity contribution in [2.24, 2.45) is 0 Å². The van der Waals surface area contributed by atoms with Crippen LogP contribution >= 0.6 is 34.7 Å². The molecule has 1 saturated heterocycles. The third-order valence-corrected chi connectivity index (χ3v) is 5.08. The molecule has 0 spiro atoms. The van der Waals surface area contributed by atoms with Crippen LogP contribution in [-0.2, 0) is 4.74 Å². The van der Waals surface area contributed by atoms with Crippen molar-refractivity contribution < 1.29 is 9.53 Å². The minimum absolute atomic E-state index is 0.239. The molecule has 0 amide bonds. The lowest BCUT2D eigenvalue weighted by Gasteiger charge is -2.30. The van der Waals surface area contributed by atoms with E-state index < -0.39 is 5.97 Å². The van der Waals surface area contributed by atoms with Gasteiger partial charge in [-0.05, 0) is 0 Å². The Labute approximate surface area is 113 Å². The van der Waals surface area contributed by atoms with E-state index in [4.69, 9.17) is 11.6 Å². The molecule has 0 saturated carbocycles. The zero-order valence-corrected chi connectivity index (χ0v) is 12.0. The first-order valence-electron chi connectivity index (χ1n) is 5.23. The number of methoxy groups -OCH3 is 1. The number of halogens is 1. The summed E-state index contributed by atoms with van der Waals surface area (Å²) in [5.41, 5.74) is 0. The van der Waals surface area contributed by atoms with Gasteiger partial charge < -0.3 is 9.64 Å². The van der Waals surface area contributed by atoms with Gasteiger partial charge in [-0.1, -0.05) is 29.9 Å². The molecule has 1 unspecified atom stereocenters. The molecule has 94 valence electrons. The second-order valence-corrected chi connectivity index (χ2v) is 6.62. The van der Waals surface area contributed by atoms with Gasteiger partial charge in [-0.3, -0.25) is 0 Å². The van der Waals surface area contributed by atoms with Crippen molar-refractivity contribution in [1.82, 2.24) is 4.98 Å². The van der Waals surface area contributed by atoms with Crippen molar-refractivity contribution >= 4 is 45.8 Å². The molecule has 0 aromatic carbocycles. The largest absolute Gasteiger partial charge is 0.465 e. The molecule has 2 rings (SSSR count). The summed E-state index contributed by atoms with van der Waals surface area (Å²) in [6.45, 7) is 4.07. The molecule has 0 N–H and O–H groups in total. The van der Waals surface area contributed by atoms with Gasteiger partial charge in [-0.25, -0.2) is 9.78 Å². The highest BCUT2D eigenvalue weighted by Crippen LogP contribution is 2.32. The number of thioether (sulfide) groups is 1. The van der Waals surface area contributed by atoms with E-state index >= 15 is 0 Å². The van der Waals surface area contributed by atoms with Crippen LogP contribution in [0.4, 0.5) is 5.13 Å². The van der Waals surface area contributed by atoms with Crippen molar-refractivity contribution in [3.8, 4) is 0 Å². The highest BCUT2D eigenvalue weighted by Gasteiger charge is 2.23. The van der Waals surface area contributed by atoms with Crippen molar-refractivity contribution in [2.45, 2.75) is 12.2 Å². The quantitative estimate of drug-likeness (QED) is 0.784. The van der Waals surface area contributed by atoms with Gasteiger partial charge in [0.2, 0.25) is 0 Å². The molecule has 0 aliphatic carbocycles. The standard InChI is InChI=1S/C10H13ClN2O2S2/c1-6-5-13(3-4-16-6)10-12-8(11)7(17-10)9(14)15-2/h6H,3-5H2,1-2H3. The average molecular weight is 293 g/mol. The van der Waals surface area contributed by atoms with E-state index in [9.17, 15) is 4.79 Å². The van der Waals surface area contributed by atoms with Gasteiger partial charge in [0.25, 0.3) is 0 Å². The summed E-state index contributed by atoms with van der Waals surface area (Å²) in [5, 5.41) is 1.62. The zero-order valence-electron chi connectivity index (χ0n) is 9.60. The maximum atomic E-state index is 11.4. The Morgan fingerprint density at radius 3 is 3.06 bits per heavy atom. The Bertz CT molecular complexity index is 424. The highest BCUT2D eigenvalue weighted by atomic mass is 35.5. The lowest BCUT2D eigenvalue weighted by molar-refractivity contribution is 0.0606. The predicted octanol–water partition coefficient (Wildman–Crippen LogP) is 2.52. The van der Waals surface area contributed by atoms with E-state index in [1.54, 1.807) is 0 Å². The maximum Gasteiger partial charge on any atom is 0.351 e. The van der Waals surface area contributed by atoms with Crippen molar-refractivity contribution in [3.63, 3.8) is 0 Å². The number of ether oxygens (including phenoxy) is 1. The van der Waals surface area contributed by atoms with Crippen LogP contribution in [-0.4, -0.2) is 42.2 Å². The second-order valence-electron chi connectivity index (χ2n) is 3.74. The first kappa shape index (κ1) is 13.0. The molecule has 2 heterocycles. The van der Waals surface area contributed by atoms with E-state index in [2.05, 4.69) is 21.5 Å². The first-order valence-corrected chi connectivity index (χ1v) is 7.47. The lowest BCUT2D eigenvalue weighted by Crippen LogP contribution is -2.36. The molecule has 17 heavy (non-hydrogen) atoms. The Kier molecular flexibility index (Phi) is 4.17. The monoisotopic (exact) mass is 292 g/mol. The molecule has 1 aliphatic heterocycles. The topological polar surface area (TPSA) is 42.4 Å². The number of esters is 1. The molecule has 7 heteroatoms. The number of aromatic nitrogens is 1. The third kappa shape index (κ3) is 2.86. The maximum absolute atomic E-state index is 11.4. The molecular formula is C10H13ClN2O2S2. The van der Waals surface area contributed by atoms with Gasteiger partial charge in [-0.2, -0.15) is 11.8 Å². The summed E-state index contributed by atoms with van der Waals surface area (Å²) in [4.78, 5) is 18.2. The van der Waals surface area contributed by atoms with Gasteiger partial charge in [0, 0.05) is 24.1 Å². The molecule has 0 bridgehead atoms. The van der Waals surface area contributed by atoms with Crippen molar-refractivity contribution in [2.75, 3.05) is 30.9 Å². The van der Waals surface area contributed by atoms with Crippen LogP contribution in [0.2, 0.25) is 5.15 Å². The van der Waals surface area contributed by atoms with E-state index in [1.165, 1.54) is 18.4 Å². The molecule has 0 radical (unpaired) electrons. The van der Waals surface area contributed by atoms with E-state index in [1.807, 2.05) is 11.8 Å². The van der Waals surface area contributed by atoms with Gasteiger partial charge in [-0.15, -0.1) is 0 Å². The molecule has 4 nitrogen and oxygen atoms in total. The summed E-state index contributed by atoms with van der Waals surface area (Å²) in [6.07, 6.45) is 0. The summed E-state index contributed by atoms with van der Waals surface area (Å²) in [7, 11) is 1.34. The fraction of sp³-hybridized carbons (Fsp3) is 0.600. The molecule has 1 aromatic rings. The first-order chi connectivity index (χ1) is 8.11. The third-order valence-electron chi connectivity index (χ3n) is 2.46. The molecule has 1 atom stereocenters. The van der Waals surface area contributed by atoms with Crippen LogP contribution in [0.25, 0.3) is 0 Å². The normalized spacial score (nSPS) is 20.4. The molecule has 1 fully saturated rings. The Morgan fingerprint density at radius 2 is 2.41 bits per heavy atom. The van der Waals surface area contributed by atoms with Crippen LogP contribution in [0.15, 0.2) is 0 Å². The summed E-state index contributed by atoms with van der Waals surface area (Å²) < 4.78 is 4.66. The van der Waals surface area contributed by atoms with Crippen LogP contribution < -0.4 is 4.90 Å². The van der Waals surface area contributed by atoms with Gasteiger partial charge in [0.05, 0.1) is 7.11 Å². The number of hydrogen-bond donors (Lipinski definition) is 0. The fourth-order valence-electron chi connectivity index (χ4n) is 1.64. The minimum atomic E-state index is -0.418.